The molecule has 3 heterocycles. The number of hydrogen-bond donors (Lipinski definition) is 2. The van der Waals surface area contributed by atoms with Crippen LogP contribution in [0.2, 0.25) is 0 Å². The summed E-state index contributed by atoms with van der Waals surface area (Å²) in [4.78, 5) is 40.4. The Kier molecular flexibility index (Phi) is 5.92. The van der Waals surface area contributed by atoms with Crippen molar-refractivity contribution in [1.82, 2.24) is 25.2 Å². The van der Waals surface area contributed by atoms with E-state index in [1.165, 1.54) is 42.3 Å². The first kappa shape index (κ1) is 23.9. The number of aromatic amines is 1. The van der Waals surface area contributed by atoms with Gasteiger partial charge in [0.1, 0.15) is 11.9 Å². The number of fused-ring (bicyclic) bond motifs is 4. The summed E-state index contributed by atoms with van der Waals surface area (Å²) in [5.41, 5.74) is 8.40. The molecule has 8 heteroatoms. The second-order valence-corrected chi connectivity index (χ2v) is 11.2. The molecule has 0 bridgehead atoms. The molecule has 37 heavy (non-hydrogen) atoms. The first-order valence-electron chi connectivity index (χ1n) is 13.5. The van der Waals surface area contributed by atoms with E-state index in [1.54, 1.807) is 0 Å². The highest BCUT2D eigenvalue weighted by molar-refractivity contribution is 5.87. The molecule has 3 aromatic rings. The van der Waals surface area contributed by atoms with Gasteiger partial charge in [0.05, 0.1) is 24.2 Å². The average Bonchev–Trinajstić information content (AvgIpc) is 3.58. The molecule has 2 fully saturated rings. The molecule has 2 N–H and O–H groups in total. The maximum absolute atomic E-state index is 13.5. The smallest absolute Gasteiger partial charge is 0.407 e. The summed E-state index contributed by atoms with van der Waals surface area (Å²) >= 11 is 0. The van der Waals surface area contributed by atoms with Crippen LogP contribution in [0.15, 0.2) is 24.4 Å². The minimum atomic E-state index is -0.643. The van der Waals surface area contributed by atoms with Crippen LogP contribution in [0.3, 0.4) is 0 Å². The summed E-state index contributed by atoms with van der Waals surface area (Å²) in [7, 11) is 1.31. The number of alkyl carbamates (subject to hydrolysis) is 1. The zero-order valence-electron chi connectivity index (χ0n) is 22.0. The first-order chi connectivity index (χ1) is 17.9. The third kappa shape index (κ3) is 3.97. The van der Waals surface area contributed by atoms with Crippen molar-refractivity contribution in [2.75, 3.05) is 13.7 Å². The van der Waals surface area contributed by atoms with E-state index in [0.29, 0.717) is 12.5 Å². The number of H-pyrrole nitrogens is 1. The second kappa shape index (κ2) is 9.15. The Labute approximate surface area is 217 Å². The highest BCUT2D eigenvalue weighted by Crippen LogP contribution is 2.53. The van der Waals surface area contributed by atoms with Gasteiger partial charge in [-0.05, 0) is 85.6 Å². The number of aromatic nitrogens is 3. The SMILES string of the molecule is COC(=O)NC(C(=O)N1CCCC1c1nc2ccc(-c3cnc(C)c4c3CC3CCC43)cc2[nH]1)C(C)C. The third-order valence-corrected chi connectivity index (χ3v) is 8.74. The molecule has 4 atom stereocenters. The van der Waals surface area contributed by atoms with E-state index in [-0.39, 0.29) is 17.9 Å². The van der Waals surface area contributed by atoms with Gasteiger partial charge < -0.3 is 19.9 Å². The fourth-order valence-electron chi connectivity index (χ4n) is 6.64. The van der Waals surface area contributed by atoms with Gasteiger partial charge in [-0.25, -0.2) is 9.78 Å². The van der Waals surface area contributed by atoms with E-state index in [1.807, 2.05) is 24.9 Å². The predicted octanol–water partition coefficient (Wildman–Crippen LogP) is 5.03. The molecule has 0 radical (unpaired) electrons. The van der Waals surface area contributed by atoms with Crippen molar-refractivity contribution < 1.29 is 14.3 Å². The van der Waals surface area contributed by atoms with Crippen LogP contribution in [-0.4, -0.2) is 51.5 Å². The maximum Gasteiger partial charge on any atom is 0.407 e. The zero-order chi connectivity index (χ0) is 25.8. The first-order valence-corrected chi connectivity index (χ1v) is 13.5. The van der Waals surface area contributed by atoms with Crippen LogP contribution in [0, 0.1) is 18.8 Å². The van der Waals surface area contributed by atoms with E-state index < -0.39 is 12.1 Å². The molecule has 8 nitrogen and oxygen atoms in total. The summed E-state index contributed by atoms with van der Waals surface area (Å²) in [6.45, 7) is 6.64. The Morgan fingerprint density at radius 2 is 2.05 bits per heavy atom. The Hall–Kier alpha value is -3.42. The van der Waals surface area contributed by atoms with Crippen LogP contribution >= 0.6 is 0 Å². The molecule has 0 spiro atoms. The minimum Gasteiger partial charge on any atom is -0.453 e. The largest absolute Gasteiger partial charge is 0.453 e. The normalized spacial score (nSPS) is 23.1. The molecule has 4 unspecified atom stereocenters. The summed E-state index contributed by atoms with van der Waals surface area (Å²) in [5, 5.41) is 2.71. The molecule has 6 rings (SSSR count). The zero-order valence-corrected chi connectivity index (χ0v) is 22.0. The lowest BCUT2D eigenvalue weighted by atomic mass is 9.74. The lowest BCUT2D eigenvalue weighted by Gasteiger charge is -2.31. The summed E-state index contributed by atoms with van der Waals surface area (Å²) in [5.74, 6) is 2.11. The number of amides is 2. The molecular formula is C29H35N5O3. The van der Waals surface area contributed by atoms with Crippen molar-refractivity contribution in [1.29, 1.82) is 0 Å². The number of benzene rings is 1. The number of hydrogen-bond acceptors (Lipinski definition) is 5. The van der Waals surface area contributed by atoms with Gasteiger partial charge in [0.25, 0.3) is 0 Å². The molecule has 1 aliphatic heterocycles. The van der Waals surface area contributed by atoms with E-state index in [4.69, 9.17) is 14.7 Å². The van der Waals surface area contributed by atoms with Crippen molar-refractivity contribution in [3.05, 3.63) is 47.0 Å². The van der Waals surface area contributed by atoms with Gasteiger partial charge in [0, 0.05) is 24.0 Å². The number of likely N-dealkylation sites (tertiary alicyclic amines) is 1. The van der Waals surface area contributed by atoms with E-state index in [9.17, 15) is 9.59 Å². The van der Waals surface area contributed by atoms with Crippen LogP contribution in [-0.2, 0) is 16.0 Å². The molecule has 1 saturated heterocycles. The quantitative estimate of drug-likeness (QED) is 0.511. The Balaban J connectivity index is 1.30. The molecule has 194 valence electrons. The predicted molar refractivity (Wildman–Crippen MR) is 141 cm³/mol. The van der Waals surface area contributed by atoms with Gasteiger partial charge in [0.2, 0.25) is 5.91 Å². The topological polar surface area (TPSA) is 100 Å². The fourth-order valence-corrected chi connectivity index (χ4v) is 6.64. The molecule has 2 amide bonds. The summed E-state index contributed by atoms with van der Waals surface area (Å²) in [6, 6.07) is 5.60. The standard InChI is InChI=1S/C29H35N5O3/c1-15(2)26(33-29(36)37-4)28(35)34-11-5-6-24(34)27-31-22-10-8-18(13-23(22)32-27)21-14-30-16(3)25-19-9-7-17(19)12-20(21)25/h8,10,13-15,17,19,24,26H,5-7,9,11-12H2,1-4H3,(H,31,32)(H,33,36). The van der Waals surface area contributed by atoms with Gasteiger partial charge in [-0.1, -0.05) is 19.9 Å². The lowest BCUT2D eigenvalue weighted by Crippen LogP contribution is -2.51. The Morgan fingerprint density at radius 3 is 2.78 bits per heavy atom. The number of aryl methyl sites for hydroxylation is 1. The van der Waals surface area contributed by atoms with Gasteiger partial charge in [0.15, 0.2) is 0 Å². The van der Waals surface area contributed by atoms with Crippen molar-refractivity contribution >= 4 is 23.0 Å². The number of carbonyl (C=O) groups is 2. The van der Waals surface area contributed by atoms with Crippen LogP contribution in [0.25, 0.3) is 22.2 Å². The number of methoxy groups -OCH3 is 1. The fraction of sp³-hybridized carbons (Fsp3) is 0.517. The highest BCUT2D eigenvalue weighted by atomic mass is 16.5. The number of imidazole rings is 1. The van der Waals surface area contributed by atoms with Crippen molar-refractivity contribution in [2.24, 2.45) is 11.8 Å². The second-order valence-electron chi connectivity index (χ2n) is 11.2. The van der Waals surface area contributed by atoms with E-state index >= 15 is 0 Å². The summed E-state index contributed by atoms with van der Waals surface area (Å²) in [6.07, 6.45) is 6.94. The van der Waals surface area contributed by atoms with E-state index in [0.717, 1.165) is 47.6 Å². The molecule has 1 aromatic carbocycles. The lowest BCUT2D eigenvalue weighted by molar-refractivity contribution is -0.135. The van der Waals surface area contributed by atoms with Gasteiger partial charge >= 0.3 is 6.09 Å². The molecule has 2 aliphatic carbocycles. The number of ether oxygens (including phenoxy) is 1. The van der Waals surface area contributed by atoms with Gasteiger partial charge in [-0.3, -0.25) is 9.78 Å². The van der Waals surface area contributed by atoms with Crippen molar-refractivity contribution in [3.8, 4) is 11.1 Å². The maximum atomic E-state index is 13.5. The molecule has 1 saturated carbocycles. The number of pyridine rings is 1. The molecule has 3 aliphatic rings. The highest BCUT2D eigenvalue weighted by Gasteiger charge is 2.42. The average molecular weight is 502 g/mol. The Bertz CT molecular complexity index is 1380. The van der Waals surface area contributed by atoms with E-state index in [2.05, 4.69) is 35.4 Å². The molecule has 2 aromatic heterocycles. The number of carbonyl (C=O) groups excluding carboxylic acids is 2. The van der Waals surface area contributed by atoms with Crippen LogP contribution < -0.4 is 5.32 Å². The number of nitrogens with zero attached hydrogens (tertiary/aromatic N) is 3. The number of rotatable bonds is 5. The summed E-state index contributed by atoms with van der Waals surface area (Å²) < 4.78 is 4.75. The van der Waals surface area contributed by atoms with Crippen LogP contribution in [0.5, 0.6) is 0 Å². The third-order valence-electron chi connectivity index (χ3n) is 8.74. The minimum absolute atomic E-state index is 0.0637. The Morgan fingerprint density at radius 1 is 1.22 bits per heavy atom. The van der Waals surface area contributed by atoms with Gasteiger partial charge in [-0.15, -0.1) is 0 Å². The monoisotopic (exact) mass is 501 g/mol. The van der Waals surface area contributed by atoms with Crippen molar-refractivity contribution in [2.45, 2.75) is 70.9 Å². The molecular weight excluding hydrogens is 466 g/mol. The van der Waals surface area contributed by atoms with Crippen LogP contribution in [0.4, 0.5) is 4.79 Å². The van der Waals surface area contributed by atoms with Crippen molar-refractivity contribution in [3.63, 3.8) is 0 Å². The van der Waals surface area contributed by atoms with Gasteiger partial charge in [-0.2, -0.15) is 0 Å². The van der Waals surface area contributed by atoms with Crippen LogP contribution in [0.1, 0.15) is 74.1 Å². The number of nitrogens with one attached hydrogen (secondary N) is 2.